The fraction of sp³-hybridized carbons (Fsp3) is 0.353. The molecule has 1 N–H and O–H groups in total. The Labute approximate surface area is 157 Å². The number of aryl methyl sites for hydroxylation is 1. The molecule has 26 heavy (non-hydrogen) atoms. The Balaban J connectivity index is 1.83. The van der Waals surface area contributed by atoms with Crippen LogP contribution in [-0.2, 0) is 9.84 Å². The van der Waals surface area contributed by atoms with Crippen molar-refractivity contribution in [3.63, 3.8) is 0 Å². The Kier molecular flexibility index (Phi) is 5.15. The topological polar surface area (TPSA) is 92.3 Å². The molecular weight excluding hydrogens is 376 g/mol. The molecule has 9 heteroatoms. The number of carbonyl (C=O) groups excluding carboxylic acids is 1. The SMILES string of the molecule is Cc1nc(C(=O)Nc2ccccc2Cl)cc(N(C)C2CCS(=O)(=O)C2)n1. The van der Waals surface area contributed by atoms with Gasteiger partial charge in [0.2, 0.25) is 0 Å². The Morgan fingerprint density at radius 3 is 2.69 bits per heavy atom. The third kappa shape index (κ3) is 4.13. The van der Waals surface area contributed by atoms with E-state index >= 15 is 0 Å². The van der Waals surface area contributed by atoms with Gasteiger partial charge in [0.25, 0.3) is 5.91 Å². The first-order chi connectivity index (χ1) is 12.2. The number of carbonyl (C=O) groups is 1. The summed E-state index contributed by atoms with van der Waals surface area (Å²) in [7, 11) is -1.23. The van der Waals surface area contributed by atoms with Crippen LogP contribution in [0, 0.1) is 6.92 Å². The minimum atomic E-state index is -3.01. The maximum Gasteiger partial charge on any atom is 0.274 e. The predicted octanol–water partition coefficient (Wildman–Crippen LogP) is 2.31. The number of nitrogens with zero attached hydrogens (tertiary/aromatic N) is 3. The highest BCUT2D eigenvalue weighted by molar-refractivity contribution is 7.91. The molecule has 1 saturated heterocycles. The second kappa shape index (κ2) is 7.20. The highest BCUT2D eigenvalue weighted by Crippen LogP contribution is 2.24. The third-order valence-corrected chi connectivity index (χ3v) is 6.38. The average Bonchev–Trinajstić information content (AvgIpc) is 2.95. The molecule has 0 spiro atoms. The lowest BCUT2D eigenvalue weighted by molar-refractivity contribution is 0.102. The maximum absolute atomic E-state index is 12.5. The molecule has 1 amide bonds. The van der Waals surface area contributed by atoms with Gasteiger partial charge in [0.05, 0.1) is 22.2 Å². The lowest BCUT2D eigenvalue weighted by Gasteiger charge is -2.25. The summed E-state index contributed by atoms with van der Waals surface area (Å²) in [4.78, 5) is 22.9. The van der Waals surface area contributed by atoms with E-state index in [4.69, 9.17) is 11.6 Å². The largest absolute Gasteiger partial charge is 0.356 e. The molecule has 0 radical (unpaired) electrons. The molecule has 1 aliphatic heterocycles. The van der Waals surface area contributed by atoms with Crippen molar-refractivity contribution >= 4 is 38.9 Å². The molecule has 1 atom stereocenters. The van der Waals surface area contributed by atoms with Gasteiger partial charge in [-0.05, 0) is 25.5 Å². The van der Waals surface area contributed by atoms with Crippen LogP contribution >= 0.6 is 11.6 Å². The first-order valence-corrected chi connectivity index (χ1v) is 10.3. The van der Waals surface area contributed by atoms with E-state index in [2.05, 4.69) is 15.3 Å². The minimum absolute atomic E-state index is 0.0910. The molecule has 7 nitrogen and oxygen atoms in total. The van der Waals surface area contributed by atoms with E-state index in [0.29, 0.717) is 28.8 Å². The number of rotatable bonds is 4. The number of amides is 1. The van der Waals surface area contributed by atoms with Gasteiger partial charge in [0, 0.05) is 19.2 Å². The van der Waals surface area contributed by atoms with E-state index in [1.807, 2.05) is 0 Å². The molecule has 0 aliphatic carbocycles. The summed E-state index contributed by atoms with van der Waals surface area (Å²) in [6.07, 6.45) is 0.545. The van der Waals surface area contributed by atoms with E-state index in [9.17, 15) is 13.2 Å². The Bertz CT molecular complexity index is 949. The Morgan fingerprint density at radius 1 is 1.31 bits per heavy atom. The van der Waals surface area contributed by atoms with Gasteiger partial charge in [-0.2, -0.15) is 0 Å². The van der Waals surface area contributed by atoms with Crippen LogP contribution < -0.4 is 10.2 Å². The van der Waals surface area contributed by atoms with Gasteiger partial charge in [-0.3, -0.25) is 4.79 Å². The zero-order valence-corrected chi connectivity index (χ0v) is 16.0. The number of nitrogens with one attached hydrogen (secondary N) is 1. The number of aromatic nitrogens is 2. The van der Waals surface area contributed by atoms with E-state index < -0.39 is 15.7 Å². The molecule has 0 saturated carbocycles. The summed E-state index contributed by atoms with van der Waals surface area (Å²) >= 11 is 6.07. The molecule has 0 bridgehead atoms. The minimum Gasteiger partial charge on any atom is -0.356 e. The van der Waals surface area contributed by atoms with Gasteiger partial charge in [-0.25, -0.2) is 18.4 Å². The molecule has 1 unspecified atom stereocenters. The van der Waals surface area contributed by atoms with Crippen molar-refractivity contribution in [2.75, 3.05) is 28.8 Å². The normalized spacial score (nSPS) is 18.5. The monoisotopic (exact) mass is 394 g/mol. The first kappa shape index (κ1) is 18.6. The van der Waals surface area contributed by atoms with Crippen LogP contribution in [-0.4, -0.2) is 48.9 Å². The summed E-state index contributed by atoms with van der Waals surface area (Å²) in [5, 5.41) is 3.16. The van der Waals surface area contributed by atoms with E-state index in [0.717, 1.165) is 0 Å². The Morgan fingerprint density at radius 2 is 2.04 bits per heavy atom. The molecular formula is C17H19ClN4O3S. The summed E-state index contributed by atoms with van der Waals surface area (Å²) in [6.45, 7) is 1.69. The van der Waals surface area contributed by atoms with Gasteiger partial charge in [0.1, 0.15) is 17.3 Å². The summed E-state index contributed by atoms with van der Waals surface area (Å²) in [5.41, 5.74) is 0.687. The summed E-state index contributed by atoms with van der Waals surface area (Å²) < 4.78 is 23.4. The number of sulfone groups is 1. The average molecular weight is 395 g/mol. The van der Waals surface area contributed by atoms with Crippen molar-refractivity contribution in [1.29, 1.82) is 0 Å². The van der Waals surface area contributed by atoms with Crippen molar-refractivity contribution in [2.24, 2.45) is 0 Å². The van der Waals surface area contributed by atoms with Crippen molar-refractivity contribution in [2.45, 2.75) is 19.4 Å². The van der Waals surface area contributed by atoms with Crippen LogP contribution in [0.4, 0.5) is 11.5 Å². The van der Waals surface area contributed by atoms with Crippen molar-refractivity contribution in [3.8, 4) is 0 Å². The molecule has 1 aromatic carbocycles. The van der Waals surface area contributed by atoms with Crippen LogP contribution in [0.3, 0.4) is 0 Å². The zero-order chi connectivity index (χ0) is 18.9. The number of hydrogen-bond donors (Lipinski definition) is 1. The number of halogens is 1. The van der Waals surface area contributed by atoms with E-state index in [-0.39, 0.29) is 23.2 Å². The number of anilines is 2. The van der Waals surface area contributed by atoms with Crippen molar-refractivity contribution in [1.82, 2.24) is 9.97 Å². The van der Waals surface area contributed by atoms with Gasteiger partial charge in [-0.1, -0.05) is 23.7 Å². The zero-order valence-electron chi connectivity index (χ0n) is 14.4. The molecule has 1 aliphatic rings. The first-order valence-electron chi connectivity index (χ1n) is 8.10. The van der Waals surface area contributed by atoms with Gasteiger partial charge in [-0.15, -0.1) is 0 Å². The predicted molar refractivity (Wildman–Crippen MR) is 102 cm³/mol. The number of benzene rings is 1. The van der Waals surface area contributed by atoms with Crippen molar-refractivity contribution < 1.29 is 13.2 Å². The number of para-hydroxylation sites is 1. The highest BCUT2D eigenvalue weighted by atomic mass is 35.5. The van der Waals surface area contributed by atoms with E-state index in [1.54, 1.807) is 49.2 Å². The second-order valence-corrected chi connectivity index (χ2v) is 8.90. The summed E-state index contributed by atoms with van der Waals surface area (Å²) in [6, 6.07) is 8.33. The molecule has 3 rings (SSSR count). The Hall–Kier alpha value is -2.19. The number of hydrogen-bond acceptors (Lipinski definition) is 6. The maximum atomic E-state index is 12.5. The lowest BCUT2D eigenvalue weighted by Crippen LogP contribution is -2.33. The smallest absolute Gasteiger partial charge is 0.274 e. The summed E-state index contributed by atoms with van der Waals surface area (Å²) in [5.74, 6) is 0.806. The standard InChI is InChI=1S/C17H19ClN4O3S/c1-11-19-15(17(23)21-14-6-4-3-5-13(14)18)9-16(20-11)22(2)12-7-8-26(24,25)10-12/h3-6,9,12H,7-8,10H2,1-2H3,(H,21,23). The van der Waals surface area contributed by atoms with Crippen LogP contribution in [0.5, 0.6) is 0 Å². The highest BCUT2D eigenvalue weighted by Gasteiger charge is 2.31. The van der Waals surface area contributed by atoms with Gasteiger partial charge in [0.15, 0.2) is 9.84 Å². The van der Waals surface area contributed by atoms with E-state index in [1.165, 1.54) is 0 Å². The molecule has 1 aromatic heterocycles. The van der Waals surface area contributed by atoms with Crippen LogP contribution in [0.25, 0.3) is 0 Å². The van der Waals surface area contributed by atoms with Gasteiger partial charge >= 0.3 is 0 Å². The van der Waals surface area contributed by atoms with Crippen LogP contribution in [0.15, 0.2) is 30.3 Å². The van der Waals surface area contributed by atoms with Gasteiger partial charge < -0.3 is 10.2 Å². The molecule has 1 fully saturated rings. The lowest BCUT2D eigenvalue weighted by atomic mass is 10.2. The van der Waals surface area contributed by atoms with Crippen LogP contribution in [0.1, 0.15) is 22.7 Å². The third-order valence-electron chi connectivity index (χ3n) is 4.30. The van der Waals surface area contributed by atoms with Crippen molar-refractivity contribution in [3.05, 3.63) is 46.9 Å². The molecule has 2 aromatic rings. The molecule has 2 heterocycles. The second-order valence-electron chi connectivity index (χ2n) is 6.26. The quantitative estimate of drug-likeness (QED) is 0.855. The fourth-order valence-electron chi connectivity index (χ4n) is 2.87. The molecule has 138 valence electrons. The van der Waals surface area contributed by atoms with Crippen LogP contribution in [0.2, 0.25) is 5.02 Å². The fourth-order valence-corrected chi connectivity index (χ4v) is 4.82.